The van der Waals surface area contributed by atoms with Gasteiger partial charge < -0.3 is 0 Å². The monoisotopic (exact) mass is 394 g/mol. The highest BCUT2D eigenvalue weighted by Gasteiger charge is 2.31. The third-order valence-electron chi connectivity index (χ3n) is 4.58. The first-order valence-electron chi connectivity index (χ1n) is 10.2. The average Bonchev–Trinajstić information content (AvgIpc) is 2.65. The Kier molecular flexibility index (Phi) is 15.6. The molecule has 0 aliphatic carbocycles. The molecule has 0 heterocycles. The van der Waals surface area contributed by atoms with E-state index in [2.05, 4.69) is 12.1 Å². The van der Waals surface area contributed by atoms with Crippen LogP contribution >= 0.6 is 0 Å². The van der Waals surface area contributed by atoms with Crippen molar-refractivity contribution in [2.75, 3.05) is 13.1 Å². The van der Waals surface area contributed by atoms with E-state index in [0.717, 1.165) is 64.2 Å². The number of hydrogen-bond acceptors (Lipinski definition) is 5. The van der Waals surface area contributed by atoms with Gasteiger partial charge in [-0.05, 0) is 32.1 Å². The van der Waals surface area contributed by atoms with E-state index in [4.69, 9.17) is 10.5 Å². The van der Waals surface area contributed by atoms with Gasteiger partial charge >= 0.3 is 0 Å². The second-order valence-electron chi connectivity index (χ2n) is 6.85. The number of nitrogens with zero attached hydrogens (tertiary/aromatic N) is 4. The summed E-state index contributed by atoms with van der Waals surface area (Å²) in [6, 6.07) is 6.23. The summed E-state index contributed by atoms with van der Waals surface area (Å²) < 4.78 is 27.3. The van der Waals surface area contributed by atoms with Gasteiger partial charge in [-0.25, -0.2) is 12.7 Å². The van der Waals surface area contributed by atoms with Crippen molar-refractivity contribution in [3.8, 4) is 18.2 Å². The summed E-state index contributed by atoms with van der Waals surface area (Å²) in [4.78, 5) is 0. The largest absolute Gasteiger partial charge is 0.230 e. The van der Waals surface area contributed by atoms with Crippen molar-refractivity contribution in [2.24, 2.45) is 0 Å². The van der Waals surface area contributed by atoms with Gasteiger partial charge in [0.05, 0.1) is 18.2 Å². The molecular formula is C20H34N4O2S. The van der Waals surface area contributed by atoms with Crippen molar-refractivity contribution in [1.82, 2.24) is 4.31 Å². The molecule has 27 heavy (non-hydrogen) atoms. The average molecular weight is 395 g/mol. The van der Waals surface area contributed by atoms with Crippen LogP contribution in [0.1, 0.15) is 90.4 Å². The maximum Gasteiger partial charge on any atom is 0.230 e. The van der Waals surface area contributed by atoms with Crippen molar-refractivity contribution in [3.05, 3.63) is 0 Å². The Morgan fingerprint density at radius 2 is 1.26 bits per heavy atom. The second kappa shape index (κ2) is 16.5. The molecule has 1 unspecified atom stereocenters. The molecule has 0 radical (unpaired) electrons. The lowest BCUT2D eigenvalue weighted by atomic mass is 10.1. The smallest absolute Gasteiger partial charge is 0.211 e. The van der Waals surface area contributed by atoms with Crippen LogP contribution in [0.4, 0.5) is 0 Å². The molecule has 7 heteroatoms. The molecule has 0 aromatic rings. The predicted octanol–water partition coefficient (Wildman–Crippen LogP) is 4.65. The Balaban J connectivity index is 4.71. The van der Waals surface area contributed by atoms with Gasteiger partial charge in [-0.15, -0.1) is 0 Å². The van der Waals surface area contributed by atoms with Gasteiger partial charge in [0.1, 0.15) is 0 Å². The molecule has 152 valence electrons. The Morgan fingerprint density at radius 1 is 0.778 bits per heavy atom. The zero-order valence-corrected chi connectivity index (χ0v) is 17.5. The van der Waals surface area contributed by atoms with Crippen LogP contribution in [0.15, 0.2) is 0 Å². The minimum absolute atomic E-state index is 0.385. The molecule has 0 aliphatic heterocycles. The van der Waals surface area contributed by atoms with Crippen molar-refractivity contribution < 1.29 is 8.42 Å². The summed E-state index contributed by atoms with van der Waals surface area (Å²) in [5.41, 5.74) is 0. The third kappa shape index (κ3) is 11.6. The SMILES string of the molecule is CCCCC(C#N)S(=O)(=O)N(CCCCCCC#N)CCCCCCC#N. The van der Waals surface area contributed by atoms with Crippen LogP contribution in [-0.4, -0.2) is 31.1 Å². The molecule has 0 fully saturated rings. The fraction of sp³-hybridized carbons (Fsp3) is 0.850. The first kappa shape index (κ1) is 25.4. The fourth-order valence-corrected chi connectivity index (χ4v) is 4.63. The maximum atomic E-state index is 12.9. The number of sulfonamides is 1. The van der Waals surface area contributed by atoms with Gasteiger partial charge in [0.15, 0.2) is 5.25 Å². The Hall–Kier alpha value is -1.62. The molecule has 0 aliphatic rings. The first-order chi connectivity index (χ1) is 13.0. The minimum Gasteiger partial charge on any atom is -0.211 e. The second-order valence-corrected chi connectivity index (χ2v) is 8.96. The number of unbranched alkanes of at least 4 members (excludes halogenated alkanes) is 9. The predicted molar refractivity (Wildman–Crippen MR) is 107 cm³/mol. The lowest BCUT2D eigenvalue weighted by Crippen LogP contribution is -2.39. The zero-order chi connectivity index (χ0) is 20.4. The van der Waals surface area contributed by atoms with Gasteiger partial charge in [0, 0.05) is 25.9 Å². The highest BCUT2D eigenvalue weighted by Crippen LogP contribution is 2.18. The van der Waals surface area contributed by atoms with Crippen LogP contribution in [0.3, 0.4) is 0 Å². The number of rotatable bonds is 17. The molecule has 0 spiro atoms. The van der Waals surface area contributed by atoms with Crippen LogP contribution in [0.5, 0.6) is 0 Å². The van der Waals surface area contributed by atoms with Crippen molar-refractivity contribution in [1.29, 1.82) is 15.8 Å². The van der Waals surface area contributed by atoms with Crippen molar-refractivity contribution in [2.45, 2.75) is 95.6 Å². The Morgan fingerprint density at radius 3 is 1.67 bits per heavy atom. The first-order valence-corrected chi connectivity index (χ1v) is 11.7. The van der Waals surface area contributed by atoms with E-state index < -0.39 is 15.3 Å². The summed E-state index contributed by atoms with van der Waals surface area (Å²) in [5, 5.41) is 25.5. The molecule has 0 N–H and O–H groups in total. The molecular weight excluding hydrogens is 360 g/mol. The standard InChI is InChI=1S/C20H34N4O2S/c1-2-3-14-20(19-23)27(25,26)24(17-12-8-4-6-10-15-21)18-13-9-5-7-11-16-22/h20H,2-14,17-18H2,1H3. The van der Waals surface area contributed by atoms with Gasteiger partial charge in [-0.1, -0.05) is 45.4 Å². The summed E-state index contributed by atoms with van der Waals surface area (Å²) in [7, 11) is -3.61. The van der Waals surface area contributed by atoms with E-state index in [1.54, 1.807) is 0 Å². The molecule has 6 nitrogen and oxygen atoms in total. The molecule has 0 amide bonds. The molecule has 0 bridgehead atoms. The van der Waals surface area contributed by atoms with E-state index in [0.29, 0.717) is 32.4 Å². The van der Waals surface area contributed by atoms with E-state index in [1.165, 1.54) is 4.31 Å². The summed E-state index contributed by atoms with van der Waals surface area (Å²) in [5.74, 6) is 0. The van der Waals surface area contributed by atoms with E-state index in [9.17, 15) is 13.7 Å². The van der Waals surface area contributed by atoms with Crippen LogP contribution in [-0.2, 0) is 10.0 Å². The van der Waals surface area contributed by atoms with E-state index in [1.807, 2.05) is 13.0 Å². The quantitative estimate of drug-likeness (QED) is 0.334. The van der Waals surface area contributed by atoms with Crippen LogP contribution in [0, 0.1) is 34.0 Å². The maximum absolute atomic E-state index is 12.9. The molecule has 0 saturated carbocycles. The third-order valence-corrected chi connectivity index (χ3v) is 6.72. The van der Waals surface area contributed by atoms with Gasteiger partial charge in [0.2, 0.25) is 10.0 Å². The van der Waals surface area contributed by atoms with Crippen LogP contribution in [0.2, 0.25) is 0 Å². The van der Waals surface area contributed by atoms with Crippen LogP contribution < -0.4 is 0 Å². The Labute approximate surface area is 165 Å². The number of hydrogen-bond donors (Lipinski definition) is 0. The summed E-state index contributed by atoms with van der Waals surface area (Å²) >= 11 is 0. The Bertz CT molecular complexity index is 573. The molecule has 1 atom stereocenters. The molecule has 0 saturated heterocycles. The highest BCUT2D eigenvalue weighted by atomic mass is 32.2. The van der Waals surface area contributed by atoms with Gasteiger partial charge in [-0.2, -0.15) is 15.8 Å². The zero-order valence-electron chi connectivity index (χ0n) is 16.7. The highest BCUT2D eigenvalue weighted by molar-refractivity contribution is 7.90. The fourth-order valence-electron chi connectivity index (χ4n) is 2.91. The van der Waals surface area contributed by atoms with E-state index in [-0.39, 0.29) is 0 Å². The molecule has 0 rings (SSSR count). The lowest BCUT2D eigenvalue weighted by molar-refractivity contribution is 0.380. The molecule has 0 aromatic heterocycles. The molecule has 0 aromatic carbocycles. The van der Waals surface area contributed by atoms with Gasteiger partial charge in [-0.3, -0.25) is 0 Å². The minimum atomic E-state index is -3.61. The normalized spacial score (nSPS) is 12.3. The van der Waals surface area contributed by atoms with E-state index >= 15 is 0 Å². The number of nitriles is 3. The lowest BCUT2D eigenvalue weighted by Gasteiger charge is -2.25. The van der Waals surface area contributed by atoms with Crippen molar-refractivity contribution >= 4 is 10.0 Å². The van der Waals surface area contributed by atoms with Gasteiger partial charge in [0.25, 0.3) is 0 Å². The summed E-state index contributed by atoms with van der Waals surface area (Å²) in [6.45, 7) is 2.87. The summed E-state index contributed by atoms with van der Waals surface area (Å²) in [6.07, 6.45) is 9.89. The van der Waals surface area contributed by atoms with Crippen molar-refractivity contribution in [3.63, 3.8) is 0 Å². The topological polar surface area (TPSA) is 109 Å². The van der Waals surface area contributed by atoms with Crippen LogP contribution in [0.25, 0.3) is 0 Å².